The van der Waals surface area contributed by atoms with Gasteiger partial charge in [0.2, 0.25) is 0 Å². The highest BCUT2D eigenvalue weighted by molar-refractivity contribution is 6.02. The number of rotatable bonds is 16. The number of hydrogen-bond donors (Lipinski definition) is 2. The maximum atomic E-state index is 13.3. The number of carboxylic acids is 1. The Hall–Kier alpha value is -2.62. The molecule has 1 fully saturated rings. The molecule has 0 bridgehead atoms. The minimum absolute atomic E-state index is 0.316. The molecule has 2 aromatic carbocycles. The molecular weight excluding hydrogens is 482 g/mol. The fraction of sp³-hybridized carbons (Fsp3) is 0.600. The molecule has 2 atom stereocenters. The van der Waals surface area contributed by atoms with Crippen molar-refractivity contribution in [3.63, 3.8) is 0 Å². The summed E-state index contributed by atoms with van der Waals surface area (Å²) in [4.78, 5) is 25.0. The maximum absolute atomic E-state index is 13.3. The summed E-state index contributed by atoms with van der Waals surface area (Å²) in [6.45, 7) is 6.28. The van der Waals surface area contributed by atoms with Gasteiger partial charge in [-0.05, 0) is 66.3 Å². The van der Waals surface area contributed by atoms with Crippen LogP contribution in [0.4, 0.5) is 0 Å². The molecule has 0 aromatic heterocycles. The number of benzene rings is 2. The van der Waals surface area contributed by atoms with Crippen LogP contribution >= 0.6 is 0 Å². The lowest BCUT2D eigenvalue weighted by atomic mass is 9.83. The van der Waals surface area contributed by atoms with Gasteiger partial charge in [-0.2, -0.15) is 0 Å². The van der Waals surface area contributed by atoms with Gasteiger partial charge >= 0.3 is 5.97 Å². The highest BCUT2D eigenvalue weighted by Gasteiger charge is 2.22. The molecule has 0 heterocycles. The summed E-state index contributed by atoms with van der Waals surface area (Å²) in [5, 5.41) is 12.3. The Labute approximate surface area is 237 Å². The minimum atomic E-state index is -0.985. The Bertz CT molecular complexity index is 1040. The number of carbonyl (C=O) groups excluding carboxylic acids is 1. The van der Waals surface area contributed by atoms with E-state index >= 15 is 0 Å². The second-order valence-electron chi connectivity index (χ2n) is 11.8. The van der Waals surface area contributed by atoms with Crippen LogP contribution in [0.1, 0.15) is 125 Å². The Morgan fingerprint density at radius 2 is 1.64 bits per heavy atom. The second kappa shape index (κ2) is 16.5. The smallest absolute Gasteiger partial charge is 0.326 e. The van der Waals surface area contributed by atoms with Crippen molar-refractivity contribution in [1.82, 2.24) is 5.32 Å². The number of aliphatic carboxylic acids is 1. The topological polar surface area (TPSA) is 66.4 Å². The largest absolute Gasteiger partial charge is 0.480 e. The number of carboxylic acid groups (broad SMARTS) is 1. The van der Waals surface area contributed by atoms with E-state index in [2.05, 4.69) is 43.4 Å². The van der Waals surface area contributed by atoms with Gasteiger partial charge in [-0.15, -0.1) is 0 Å². The van der Waals surface area contributed by atoms with Crippen molar-refractivity contribution in [3.05, 3.63) is 59.2 Å². The first-order valence-corrected chi connectivity index (χ1v) is 15.7. The molecule has 1 aliphatic carbocycles. The van der Waals surface area contributed by atoms with Crippen LogP contribution in [0.5, 0.6) is 0 Å². The van der Waals surface area contributed by atoms with Gasteiger partial charge in [0.05, 0.1) is 0 Å². The van der Waals surface area contributed by atoms with E-state index in [0.29, 0.717) is 18.4 Å². The fourth-order valence-corrected chi connectivity index (χ4v) is 6.29. The minimum Gasteiger partial charge on any atom is -0.480 e. The molecule has 0 radical (unpaired) electrons. The Kier molecular flexibility index (Phi) is 13.1. The van der Waals surface area contributed by atoms with Crippen molar-refractivity contribution in [1.29, 1.82) is 0 Å². The van der Waals surface area contributed by atoms with Crippen LogP contribution in [0.2, 0.25) is 0 Å². The molecule has 1 saturated carbocycles. The zero-order chi connectivity index (χ0) is 28.0. The average Bonchev–Trinajstić information content (AvgIpc) is 2.94. The molecule has 1 aliphatic rings. The molecule has 214 valence electrons. The molecular formula is C35H51NO3. The molecule has 1 amide bonds. The molecule has 0 saturated heterocycles. The van der Waals surface area contributed by atoms with Gasteiger partial charge in [0.1, 0.15) is 6.04 Å². The zero-order valence-electron chi connectivity index (χ0n) is 24.6. The van der Waals surface area contributed by atoms with E-state index in [9.17, 15) is 14.7 Å². The van der Waals surface area contributed by atoms with E-state index in [1.807, 2.05) is 25.1 Å². The Morgan fingerprint density at radius 1 is 0.897 bits per heavy atom. The summed E-state index contributed by atoms with van der Waals surface area (Å²) in [5.74, 6) is 0.410. The van der Waals surface area contributed by atoms with Crippen LogP contribution in [-0.4, -0.2) is 23.0 Å². The van der Waals surface area contributed by atoms with Crippen LogP contribution in [0.25, 0.3) is 11.1 Å². The third-order valence-corrected chi connectivity index (χ3v) is 8.70. The number of aryl methyl sites for hydroxylation is 2. The molecule has 39 heavy (non-hydrogen) atoms. The fourth-order valence-electron chi connectivity index (χ4n) is 6.29. The van der Waals surface area contributed by atoms with E-state index < -0.39 is 12.0 Å². The van der Waals surface area contributed by atoms with Crippen molar-refractivity contribution in [2.24, 2.45) is 11.8 Å². The summed E-state index contributed by atoms with van der Waals surface area (Å²) in [7, 11) is 0. The third kappa shape index (κ3) is 9.81. The number of hydrogen-bond acceptors (Lipinski definition) is 2. The van der Waals surface area contributed by atoms with Crippen LogP contribution in [0.15, 0.2) is 42.5 Å². The molecule has 4 nitrogen and oxygen atoms in total. The lowest BCUT2D eigenvalue weighted by molar-refractivity contribution is -0.139. The highest BCUT2D eigenvalue weighted by Crippen LogP contribution is 2.32. The number of amides is 1. The molecule has 3 rings (SSSR count). The highest BCUT2D eigenvalue weighted by atomic mass is 16.4. The molecule has 2 aromatic rings. The van der Waals surface area contributed by atoms with Gasteiger partial charge in [-0.1, -0.05) is 127 Å². The van der Waals surface area contributed by atoms with E-state index in [0.717, 1.165) is 34.9 Å². The maximum Gasteiger partial charge on any atom is 0.326 e. The summed E-state index contributed by atoms with van der Waals surface area (Å²) in [6.07, 6.45) is 18.4. The molecule has 0 aliphatic heterocycles. The van der Waals surface area contributed by atoms with Gasteiger partial charge in [-0.3, -0.25) is 4.79 Å². The SMILES string of the molecule is CCCCC(CCCC1CCCCC1)CCc1ccc(C(=O)N[C@@H](CCC)C(=O)O)c(-c2ccccc2C)c1. The van der Waals surface area contributed by atoms with Crippen molar-refractivity contribution in [2.75, 3.05) is 0 Å². The third-order valence-electron chi connectivity index (χ3n) is 8.70. The quantitative estimate of drug-likeness (QED) is 0.226. The monoisotopic (exact) mass is 533 g/mol. The average molecular weight is 534 g/mol. The molecule has 4 heteroatoms. The predicted octanol–water partition coefficient (Wildman–Crippen LogP) is 9.13. The van der Waals surface area contributed by atoms with Crippen molar-refractivity contribution < 1.29 is 14.7 Å². The molecule has 1 unspecified atom stereocenters. The Balaban J connectivity index is 1.74. The number of carbonyl (C=O) groups is 2. The van der Waals surface area contributed by atoms with E-state index in [1.165, 1.54) is 82.6 Å². The molecule has 0 spiro atoms. The Morgan fingerprint density at radius 3 is 2.33 bits per heavy atom. The van der Waals surface area contributed by atoms with Crippen molar-refractivity contribution in [3.8, 4) is 11.1 Å². The first-order chi connectivity index (χ1) is 18.9. The van der Waals surface area contributed by atoms with Crippen LogP contribution < -0.4 is 5.32 Å². The van der Waals surface area contributed by atoms with Crippen molar-refractivity contribution in [2.45, 2.75) is 123 Å². The predicted molar refractivity (Wildman–Crippen MR) is 162 cm³/mol. The van der Waals surface area contributed by atoms with Crippen molar-refractivity contribution >= 4 is 11.9 Å². The van der Waals surface area contributed by atoms with E-state index in [4.69, 9.17) is 0 Å². The first kappa shape index (κ1) is 30.9. The number of nitrogens with one attached hydrogen (secondary N) is 1. The van der Waals surface area contributed by atoms with Gasteiger partial charge in [-0.25, -0.2) is 4.79 Å². The van der Waals surface area contributed by atoms with Gasteiger partial charge in [0.25, 0.3) is 5.91 Å². The molecule has 2 N–H and O–H groups in total. The van der Waals surface area contributed by atoms with Crippen LogP contribution in [0.3, 0.4) is 0 Å². The summed E-state index contributed by atoms with van der Waals surface area (Å²) in [5.41, 5.74) is 4.83. The second-order valence-corrected chi connectivity index (χ2v) is 11.8. The van der Waals surface area contributed by atoms with Gasteiger partial charge < -0.3 is 10.4 Å². The zero-order valence-corrected chi connectivity index (χ0v) is 24.6. The van der Waals surface area contributed by atoms with E-state index in [-0.39, 0.29) is 5.91 Å². The number of unbranched alkanes of at least 4 members (excludes halogenated alkanes) is 1. The van der Waals surface area contributed by atoms with Gasteiger partial charge in [0, 0.05) is 5.56 Å². The summed E-state index contributed by atoms with van der Waals surface area (Å²) >= 11 is 0. The normalized spacial score (nSPS) is 15.6. The van der Waals surface area contributed by atoms with Crippen LogP contribution in [0, 0.1) is 18.8 Å². The lowest BCUT2D eigenvalue weighted by Gasteiger charge is -2.23. The lowest BCUT2D eigenvalue weighted by Crippen LogP contribution is -2.40. The summed E-state index contributed by atoms with van der Waals surface area (Å²) in [6, 6.07) is 13.4. The van der Waals surface area contributed by atoms with Crippen LogP contribution in [-0.2, 0) is 11.2 Å². The standard InChI is InChI=1S/C35H51NO3/c1-4-6-15-28(19-12-18-27-16-8-7-9-17-27)21-22-29-23-24-31(34(37)36-33(13-5-2)35(38)39)32(25-29)30-20-11-10-14-26(30)3/h10-11,14,20,23-25,27-28,33H,4-9,12-13,15-19,21-22H2,1-3H3,(H,36,37)(H,38,39)/t28?,33-/m0/s1. The first-order valence-electron chi connectivity index (χ1n) is 15.7. The van der Waals surface area contributed by atoms with Gasteiger partial charge in [0.15, 0.2) is 0 Å². The summed E-state index contributed by atoms with van der Waals surface area (Å²) < 4.78 is 0. The van der Waals surface area contributed by atoms with E-state index in [1.54, 1.807) is 0 Å².